The Morgan fingerprint density at radius 3 is 2.44 bits per heavy atom. The number of urea groups is 1. The van der Waals surface area contributed by atoms with Crippen molar-refractivity contribution in [3.63, 3.8) is 0 Å². The quantitative estimate of drug-likeness (QED) is 0.738. The number of rotatable bonds is 6. The van der Waals surface area contributed by atoms with E-state index in [1.165, 1.54) is 24.3 Å². The van der Waals surface area contributed by atoms with E-state index in [1.54, 1.807) is 22.4 Å². The van der Waals surface area contributed by atoms with E-state index in [1.807, 2.05) is 5.38 Å². The number of aromatic nitrogens is 1. The summed E-state index contributed by atoms with van der Waals surface area (Å²) in [7, 11) is 0. The van der Waals surface area contributed by atoms with Crippen LogP contribution >= 0.6 is 11.3 Å². The van der Waals surface area contributed by atoms with Crippen LogP contribution in [0.4, 0.5) is 14.3 Å². The summed E-state index contributed by atoms with van der Waals surface area (Å²) >= 11 is 1.60. The van der Waals surface area contributed by atoms with E-state index in [0.717, 1.165) is 18.2 Å². The number of carbonyl (C=O) groups is 2. The van der Waals surface area contributed by atoms with Crippen molar-refractivity contribution in [2.45, 2.75) is 6.42 Å². The molecule has 0 atom stereocenters. The van der Waals surface area contributed by atoms with E-state index < -0.39 is 0 Å². The van der Waals surface area contributed by atoms with Crippen LogP contribution in [0, 0.1) is 5.82 Å². The first-order valence-electron chi connectivity index (χ1n) is 8.84. The van der Waals surface area contributed by atoms with Crippen LogP contribution in [-0.2, 0) is 0 Å². The van der Waals surface area contributed by atoms with Crippen LogP contribution in [0.1, 0.15) is 16.8 Å². The standard InChI is InChI=1S/C18H22FN5O2S/c19-15-4-2-14(3-5-15)16(25)20-6-1-7-21-17(26)23-9-11-24(12-10-23)18-22-8-13-27-18/h2-5,8,13H,1,6-7,9-12H2,(H,20,25)(H,21,26). The number of amides is 3. The molecule has 0 spiro atoms. The first kappa shape index (κ1) is 19.1. The lowest BCUT2D eigenvalue weighted by atomic mass is 10.2. The van der Waals surface area contributed by atoms with Gasteiger partial charge in [-0.2, -0.15) is 0 Å². The molecule has 1 aliphatic heterocycles. The monoisotopic (exact) mass is 391 g/mol. The largest absolute Gasteiger partial charge is 0.352 e. The van der Waals surface area contributed by atoms with Crippen LogP contribution < -0.4 is 15.5 Å². The zero-order valence-electron chi connectivity index (χ0n) is 14.9. The predicted molar refractivity (Wildman–Crippen MR) is 103 cm³/mol. The van der Waals surface area contributed by atoms with Gasteiger partial charge in [0.15, 0.2) is 5.13 Å². The predicted octanol–water partition coefficient (Wildman–Crippen LogP) is 1.93. The van der Waals surface area contributed by atoms with Crippen molar-refractivity contribution in [2.75, 3.05) is 44.2 Å². The molecule has 0 unspecified atom stereocenters. The SMILES string of the molecule is O=C(NCCCNC(=O)N1CCN(c2nccs2)CC1)c1ccc(F)cc1. The number of carbonyl (C=O) groups excluding carboxylic acids is 2. The highest BCUT2D eigenvalue weighted by Crippen LogP contribution is 2.18. The lowest BCUT2D eigenvalue weighted by Gasteiger charge is -2.34. The second-order valence-electron chi connectivity index (χ2n) is 6.14. The van der Waals surface area contributed by atoms with Crippen LogP contribution in [0.5, 0.6) is 0 Å². The summed E-state index contributed by atoms with van der Waals surface area (Å²) in [5.41, 5.74) is 0.415. The van der Waals surface area contributed by atoms with Crippen molar-refractivity contribution >= 4 is 28.4 Å². The Bertz CT molecular complexity index is 746. The smallest absolute Gasteiger partial charge is 0.317 e. The normalized spacial score (nSPS) is 14.1. The first-order chi connectivity index (χ1) is 13.1. The molecule has 3 rings (SSSR count). The average molecular weight is 391 g/mol. The molecule has 1 fully saturated rings. The molecule has 3 amide bonds. The zero-order chi connectivity index (χ0) is 19.1. The van der Waals surface area contributed by atoms with Gasteiger partial charge >= 0.3 is 6.03 Å². The number of benzene rings is 1. The van der Waals surface area contributed by atoms with E-state index in [0.29, 0.717) is 38.2 Å². The van der Waals surface area contributed by atoms with Crippen LogP contribution in [-0.4, -0.2) is 61.1 Å². The molecule has 1 aliphatic rings. The van der Waals surface area contributed by atoms with Crippen LogP contribution in [0.25, 0.3) is 0 Å². The number of hydrogen-bond donors (Lipinski definition) is 2. The molecule has 0 aliphatic carbocycles. The van der Waals surface area contributed by atoms with Crippen LogP contribution in [0.3, 0.4) is 0 Å². The van der Waals surface area contributed by atoms with Crippen LogP contribution in [0.15, 0.2) is 35.8 Å². The Morgan fingerprint density at radius 2 is 1.78 bits per heavy atom. The molecular weight excluding hydrogens is 369 g/mol. The minimum absolute atomic E-state index is 0.0846. The van der Waals surface area contributed by atoms with Gasteiger partial charge in [-0.3, -0.25) is 4.79 Å². The summed E-state index contributed by atoms with van der Waals surface area (Å²) in [6.07, 6.45) is 2.41. The third-order valence-corrected chi connectivity index (χ3v) is 5.11. The van der Waals surface area contributed by atoms with Gasteiger partial charge in [0.05, 0.1) is 0 Å². The fraction of sp³-hybridized carbons (Fsp3) is 0.389. The Kier molecular flexibility index (Phi) is 6.59. The minimum atomic E-state index is -0.373. The summed E-state index contributed by atoms with van der Waals surface area (Å²) in [6.45, 7) is 3.78. The Labute approximate surface area is 161 Å². The zero-order valence-corrected chi connectivity index (χ0v) is 15.7. The molecule has 1 aromatic heterocycles. The molecule has 0 radical (unpaired) electrons. The maximum Gasteiger partial charge on any atom is 0.317 e. The van der Waals surface area contributed by atoms with Gasteiger partial charge in [-0.25, -0.2) is 14.2 Å². The summed E-state index contributed by atoms with van der Waals surface area (Å²) in [5.74, 6) is -0.624. The summed E-state index contributed by atoms with van der Waals surface area (Å²) in [4.78, 5) is 32.4. The van der Waals surface area contributed by atoms with E-state index in [2.05, 4.69) is 20.5 Å². The van der Waals surface area contributed by atoms with Crippen molar-refractivity contribution in [2.24, 2.45) is 0 Å². The van der Waals surface area contributed by atoms with Gasteiger partial charge in [-0.15, -0.1) is 11.3 Å². The first-order valence-corrected chi connectivity index (χ1v) is 9.72. The molecule has 2 N–H and O–H groups in total. The molecule has 0 bridgehead atoms. The van der Waals surface area contributed by atoms with Gasteiger partial charge in [0.1, 0.15) is 5.82 Å². The van der Waals surface area contributed by atoms with Crippen molar-refractivity contribution in [1.29, 1.82) is 0 Å². The fourth-order valence-electron chi connectivity index (χ4n) is 2.77. The van der Waals surface area contributed by atoms with E-state index in [9.17, 15) is 14.0 Å². The maximum absolute atomic E-state index is 12.8. The second-order valence-corrected chi connectivity index (χ2v) is 7.01. The van der Waals surface area contributed by atoms with E-state index in [-0.39, 0.29) is 17.8 Å². The highest BCUT2D eigenvalue weighted by atomic mass is 32.1. The lowest BCUT2D eigenvalue weighted by molar-refractivity contribution is 0.0953. The Hall–Kier alpha value is -2.68. The molecule has 9 heteroatoms. The molecule has 144 valence electrons. The molecule has 7 nitrogen and oxygen atoms in total. The van der Waals surface area contributed by atoms with Crippen LogP contribution in [0.2, 0.25) is 0 Å². The van der Waals surface area contributed by atoms with Crippen molar-refractivity contribution in [3.8, 4) is 0 Å². The Balaban J connectivity index is 1.30. The number of nitrogens with one attached hydrogen (secondary N) is 2. The minimum Gasteiger partial charge on any atom is -0.352 e. The second kappa shape index (κ2) is 9.31. The Morgan fingerprint density at radius 1 is 1.07 bits per heavy atom. The summed E-state index contributed by atoms with van der Waals surface area (Å²) in [5, 5.41) is 8.57. The highest BCUT2D eigenvalue weighted by Gasteiger charge is 2.21. The third kappa shape index (κ3) is 5.40. The molecule has 1 saturated heterocycles. The van der Waals surface area contributed by atoms with Gasteiger partial charge in [0.25, 0.3) is 5.91 Å². The number of piperazine rings is 1. The van der Waals surface area contributed by atoms with Gasteiger partial charge < -0.3 is 20.4 Å². The fourth-order valence-corrected chi connectivity index (χ4v) is 3.47. The third-order valence-electron chi connectivity index (χ3n) is 4.28. The van der Waals surface area contributed by atoms with Crippen molar-refractivity contribution in [1.82, 2.24) is 20.5 Å². The van der Waals surface area contributed by atoms with Gasteiger partial charge in [-0.1, -0.05) is 0 Å². The molecular formula is C18H22FN5O2S. The molecule has 2 aromatic rings. The summed E-state index contributed by atoms with van der Waals surface area (Å²) in [6, 6.07) is 5.31. The molecule has 2 heterocycles. The number of hydrogen-bond acceptors (Lipinski definition) is 5. The lowest BCUT2D eigenvalue weighted by Crippen LogP contribution is -2.52. The van der Waals surface area contributed by atoms with Gasteiger partial charge in [0, 0.05) is 56.4 Å². The van der Waals surface area contributed by atoms with Crippen molar-refractivity contribution < 1.29 is 14.0 Å². The molecule has 27 heavy (non-hydrogen) atoms. The number of halogens is 1. The topological polar surface area (TPSA) is 77.6 Å². The number of anilines is 1. The number of thiazole rings is 1. The van der Waals surface area contributed by atoms with Gasteiger partial charge in [0.2, 0.25) is 0 Å². The van der Waals surface area contributed by atoms with E-state index >= 15 is 0 Å². The molecule has 0 saturated carbocycles. The number of nitrogens with zero attached hydrogens (tertiary/aromatic N) is 3. The molecule has 1 aromatic carbocycles. The van der Waals surface area contributed by atoms with Crippen molar-refractivity contribution in [3.05, 3.63) is 47.2 Å². The van der Waals surface area contributed by atoms with Gasteiger partial charge in [-0.05, 0) is 30.7 Å². The highest BCUT2D eigenvalue weighted by molar-refractivity contribution is 7.13. The average Bonchev–Trinajstić information content (AvgIpc) is 3.23. The van der Waals surface area contributed by atoms with E-state index in [4.69, 9.17) is 0 Å². The maximum atomic E-state index is 12.8. The summed E-state index contributed by atoms with van der Waals surface area (Å²) < 4.78 is 12.8.